The lowest BCUT2D eigenvalue weighted by Crippen LogP contribution is -2.15. The van der Waals surface area contributed by atoms with Gasteiger partial charge in [-0.15, -0.1) is 0 Å². The molecule has 2 atom stereocenters. The zero-order valence-electron chi connectivity index (χ0n) is 15.2. The van der Waals surface area contributed by atoms with Crippen LogP contribution in [0.1, 0.15) is 33.5 Å². The summed E-state index contributed by atoms with van der Waals surface area (Å²) in [6.45, 7) is 7.09. The van der Waals surface area contributed by atoms with Crippen molar-refractivity contribution in [2.45, 2.75) is 20.0 Å². The van der Waals surface area contributed by atoms with Gasteiger partial charge in [-0.25, -0.2) is 4.79 Å². The molecule has 4 rings (SSSR count). The van der Waals surface area contributed by atoms with Crippen molar-refractivity contribution in [3.05, 3.63) is 64.2 Å². The number of hydrogen-bond donors (Lipinski definition) is 1. The number of fused-ring (bicyclic) bond motifs is 1. The smallest absolute Gasteiger partial charge is 0.333 e. The first-order valence-electron chi connectivity index (χ1n) is 8.61. The third-order valence-electron chi connectivity index (χ3n) is 5.07. The summed E-state index contributed by atoms with van der Waals surface area (Å²) in [5.41, 5.74) is 2.06. The molecule has 0 amide bonds. The Morgan fingerprint density at radius 3 is 2.79 bits per heavy atom. The summed E-state index contributed by atoms with van der Waals surface area (Å²) in [6.07, 6.45) is 0.467. The first-order chi connectivity index (χ1) is 13.3. The first-order valence-corrected chi connectivity index (χ1v) is 8.99. The van der Waals surface area contributed by atoms with Crippen LogP contribution in [-0.2, 0) is 9.53 Å². The van der Waals surface area contributed by atoms with Crippen LogP contribution in [0, 0.1) is 19.8 Å². The highest BCUT2D eigenvalue weighted by Crippen LogP contribution is 2.37. The lowest BCUT2D eigenvalue weighted by molar-refractivity contribution is -0.135. The number of aliphatic hydroxyl groups is 1. The number of halogens is 1. The van der Waals surface area contributed by atoms with Crippen LogP contribution in [0.4, 0.5) is 0 Å². The van der Waals surface area contributed by atoms with Gasteiger partial charge in [0.1, 0.15) is 17.9 Å². The molecule has 7 nitrogen and oxygen atoms in total. The molecule has 1 fully saturated rings. The molecule has 3 aromatic rings. The lowest BCUT2D eigenvalue weighted by atomic mass is 9.92. The second-order valence-electron chi connectivity index (χ2n) is 6.80. The molecule has 0 aliphatic carbocycles. The Bertz CT molecular complexity index is 1120. The summed E-state index contributed by atoms with van der Waals surface area (Å²) in [5, 5.41) is 15.8. The molecule has 0 saturated carbocycles. The van der Waals surface area contributed by atoms with E-state index in [-0.39, 0.29) is 18.1 Å². The first kappa shape index (κ1) is 18.5. The maximum atomic E-state index is 13.2. The summed E-state index contributed by atoms with van der Waals surface area (Å²) in [5.74, 6) is -1.06. The largest absolute Gasteiger partial charge is 0.462 e. The zero-order valence-corrected chi connectivity index (χ0v) is 16.0. The number of esters is 1. The normalized spacial score (nSPS) is 17.9. The average Bonchev–Trinajstić information content (AvgIpc) is 3.30. The number of benzene rings is 1. The molecule has 0 spiro atoms. The predicted octanol–water partition coefficient (Wildman–Crippen LogP) is 3.35. The minimum absolute atomic E-state index is 0.0316. The molecule has 1 aromatic carbocycles. The van der Waals surface area contributed by atoms with Gasteiger partial charge in [0, 0.05) is 27.7 Å². The molecule has 8 heteroatoms. The number of aryl methyl sites for hydroxylation is 2. The van der Waals surface area contributed by atoms with Gasteiger partial charge in [-0.3, -0.25) is 9.36 Å². The Hall–Kier alpha value is -2.90. The number of nitrogens with zero attached hydrogens (tertiary/aromatic N) is 2. The Labute approximate surface area is 165 Å². The maximum Gasteiger partial charge on any atom is 0.333 e. The van der Waals surface area contributed by atoms with Crippen molar-refractivity contribution in [1.82, 2.24) is 9.72 Å². The van der Waals surface area contributed by atoms with Crippen LogP contribution in [0.15, 0.2) is 41.1 Å². The number of carbonyl (C=O) groups is 2. The quantitative estimate of drug-likeness (QED) is 0.535. The fraction of sp³-hybridized carbons (Fsp3) is 0.250. The Balaban J connectivity index is 1.87. The van der Waals surface area contributed by atoms with E-state index < -0.39 is 18.0 Å². The summed E-state index contributed by atoms with van der Waals surface area (Å²) in [6, 6.07) is 5.04. The summed E-state index contributed by atoms with van der Waals surface area (Å²) < 4.78 is 11.5. The minimum atomic E-state index is -1.08. The van der Waals surface area contributed by atoms with Crippen molar-refractivity contribution in [3.8, 4) is 0 Å². The number of rotatable bonds is 3. The highest BCUT2D eigenvalue weighted by atomic mass is 35.5. The van der Waals surface area contributed by atoms with E-state index in [4.69, 9.17) is 20.9 Å². The Kier molecular flexibility index (Phi) is 4.36. The van der Waals surface area contributed by atoms with Crippen molar-refractivity contribution >= 4 is 34.4 Å². The molecule has 144 valence electrons. The lowest BCUT2D eigenvalue weighted by Gasteiger charge is -2.15. The van der Waals surface area contributed by atoms with Crippen molar-refractivity contribution in [2.75, 3.05) is 6.61 Å². The fourth-order valence-corrected chi connectivity index (χ4v) is 3.72. The number of cyclic esters (lactones) is 1. The minimum Gasteiger partial charge on any atom is -0.462 e. The second kappa shape index (κ2) is 6.61. The van der Waals surface area contributed by atoms with Crippen LogP contribution in [0.2, 0.25) is 5.02 Å². The van der Waals surface area contributed by atoms with E-state index in [1.807, 2.05) is 0 Å². The monoisotopic (exact) mass is 400 g/mol. The summed E-state index contributed by atoms with van der Waals surface area (Å²) in [7, 11) is 0. The van der Waals surface area contributed by atoms with Crippen LogP contribution in [0.5, 0.6) is 0 Å². The van der Waals surface area contributed by atoms with Gasteiger partial charge in [0.2, 0.25) is 0 Å². The Morgan fingerprint density at radius 1 is 1.43 bits per heavy atom. The number of carbonyl (C=O) groups excluding carboxylic acids is 2. The van der Waals surface area contributed by atoms with E-state index in [0.717, 1.165) is 0 Å². The molecular formula is C20H17ClN2O5. The highest BCUT2D eigenvalue weighted by molar-refractivity contribution is 6.31. The molecule has 2 aromatic heterocycles. The van der Waals surface area contributed by atoms with Crippen LogP contribution in [0.25, 0.3) is 10.9 Å². The topological polar surface area (TPSA) is 94.6 Å². The molecule has 2 unspecified atom stereocenters. The molecule has 1 N–H and O–H groups in total. The predicted molar refractivity (Wildman–Crippen MR) is 101 cm³/mol. The van der Waals surface area contributed by atoms with Gasteiger partial charge in [0.25, 0.3) is 5.91 Å². The van der Waals surface area contributed by atoms with Gasteiger partial charge in [0.15, 0.2) is 0 Å². The van der Waals surface area contributed by atoms with E-state index in [1.54, 1.807) is 38.2 Å². The van der Waals surface area contributed by atoms with Crippen LogP contribution in [0.3, 0.4) is 0 Å². The van der Waals surface area contributed by atoms with Crippen molar-refractivity contribution in [1.29, 1.82) is 0 Å². The van der Waals surface area contributed by atoms with Crippen molar-refractivity contribution in [2.24, 2.45) is 5.92 Å². The van der Waals surface area contributed by atoms with Gasteiger partial charge < -0.3 is 14.4 Å². The van der Waals surface area contributed by atoms with Crippen LogP contribution in [-0.4, -0.2) is 33.3 Å². The average molecular weight is 401 g/mol. The van der Waals surface area contributed by atoms with Gasteiger partial charge in [0.05, 0.1) is 23.2 Å². The van der Waals surface area contributed by atoms with E-state index in [2.05, 4.69) is 11.7 Å². The molecular weight excluding hydrogens is 384 g/mol. The highest BCUT2D eigenvalue weighted by Gasteiger charge is 2.36. The number of ether oxygens (including phenoxy) is 1. The molecule has 1 saturated heterocycles. The maximum absolute atomic E-state index is 13.2. The van der Waals surface area contributed by atoms with E-state index >= 15 is 0 Å². The summed E-state index contributed by atoms with van der Waals surface area (Å²) >= 11 is 6.15. The van der Waals surface area contributed by atoms with Gasteiger partial charge in [-0.2, -0.15) is 0 Å². The Morgan fingerprint density at radius 2 is 2.18 bits per heavy atom. The SMILES string of the molecule is C=C1C(=O)OCC1C(O)c1cn(C(=O)c2c(C)noc2C)c2ccc(Cl)cc12. The third kappa shape index (κ3) is 2.75. The van der Waals surface area contributed by atoms with Crippen LogP contribution < -0.4 is 0 Å². The molecule has 3 heterocycles. The van der Waals surface area contributed by atoms with E-state index in [0.29, 0.717) is 38.5 Å². The standard InChI is InChI=1S/C20H17ClN2O5/c1-9-15(8-27-20(9)26)18(24)14-7-23(16-5-4-12(21)6-13(14)16)19(25)17-10(2)22-28-11(17)3/h4-7,15,18,24H,1,8H2,2-3H3. The zero-order chi connectivity index (χ0) is 20.2. The molecule has 0 radical (unpaired) electrons. The van der Waals surface area contributed by atoms with E-state index in [1.165, 1.54) is 4.57 Å². The fourth-order valence-electron chi connectivity index (χ4n) is 3.55. The molecule has 0 bridgehead atoms. The van der Waals surface area contributed by atoms with Crippen molar-refractivity contribution in [3.63, 3.8) is 0 Å². The van der Waals surface area contributed by atoms with Crippen molar-refractivity contribution < 1.29 is 24.0 Å². The third-order valence-corrected chi connectivity index (χ3v) is 5.30. The number of hydrogen-bond acceptors (Lipinski definition) is 6. The van der Waals surface area contributed by atoms with Gasteiger partial charge in [-0.1, -0.05) is 23.3 Å². The molecule has 1 aliphatic heterocycles. The van der Waals surface area contributed by atoms with E-state index in [9.17, 15) is 14.7 Å². The van der Waals surface area contributed by atoms with Gasteiger partial charge >= 0.3 is 5.97 Å². The summed E-state index contributed by atoms with van der Waals surface area (Å²) in [4.78, 5) is 24.8. The second-order valence-corrected chi connectivity index (χ2v) is 7.23. The number of aromatic nitrogens is 2. The van der Waals surface area contributed by atoms with Crippen LogP contribution >= 0.6 is 11.6 Å². The number of aliphatic hydroxyl groups excluding tert-OH is 1. The molecule has 1 aliphatic rings. The van der Waals surface area contributed by atoms with Gasteiger partial charge in [-0.05, 0) is 32.0 Å². The molecule has 28 heavy (non-hydrogen) atoms.